The van der Waals surface area contributed by atoms with Crippen LogP contribution in [-0.4, -0.2) is 6.54 Å². The standard InChI is InChI=1S/C14H14Cl3NO/c1-2-18-13(11-5-6-19-14(11)17)7-9-3-4-10(15)8-12(9)16/h3-6,8,13,18H,2,7H2,1H3. The summed E-state index contributed by atoms with van der Waals surface area (Å²) in [4.78, 5) is 0. The van der Waals surface area contributed by atoms with Gasteiger partial charge in [0.25, 0.3) is 0 Å². The summed E-state index contributed by atoms with van der Waals surface area (Å²) in [5, 5.41) is 5.09. The smallest absolute Gasteiger partial charge is 0.197 e. The van der Waals surface area contributed by atoms with Gasteiger partial charge in [0, 0.05) is 21.7 Å². The summed E-state index contributed by atoms with van der Waals surface area (Å²) < 4.78 is 5.15. The molecule has 0 spiro atoms. The van der Waals surface area contributed by atoms with Crippen LogP contribution in [0.5, 0.6) is 0 Å². The molecule has 19 heavy (non-hydrogen) atoms. The molecule has 1 unspecified atom stereocenters. The van der Waals surface area contributed by atoms with Crippen molar-refractivity contribution in [2.75, 3.05) is 6.54 Å². The summed E-state index contributed by atoms with van der Waals surface area (Å²) in [6, 6.07) is 7.46. The topological polar surface area (TPSA) is 25.2 Å². The van der Waals surface area contributed by atoms with Crippen LogP contribution >= 0.6 is 34.8 Å². The summed E-state index contributed by atoms with van der Waals surface area (Å²) in [5.74, 6) is 0. The highest BCUT2D eigenvalue weighted by molar-refractivity contribution is 6.35. The Morgan fingerprint density at radius 2 is 2.00 bits per heavy atom. The quantitative estimate of drug-likeness (QED) is 0.826. The lowest BCUT2D eigenvalue weighted by molar-refractivity contribution is 0.526. The average molecular weight is 319 g/mol. The summed E-state index contributed by atoms with van der Waals surface area (Å²) >= 11 is 18.2. The maximum atomic E-state index is 6.21. The third kappa shape index (κ3) is 3.67. The largest absolute Gasteiger partial charge is 0.453 e. The van der Waals surface area contributed by atoms with E-state index in [4.69, 9.17) is 39.2 Å². The zero-order valence-corrected chi connectivity index (χ0v) is 12.7. The summed E-state index contributed by atoms with van der Waals surface area (Å²) in [5.41, 5.74) is 1.96. The van der Waals surface area contributed by atoms with Crippen molar-refractivity contribution in [2.45, 2.75) is 19.4 Å². The van der Waals surface area contributed by atoms with Crippen molar-refractivity contribution in [1.29, 1.82) is 0 Å². The highest BCUT2D eigenvalue weighted by Gasteiger charge is 2.17. The monoisotopic (exact) mass is 317 g/mol. The Balaban J connectivity index is 2.24. The van der Waals surface area contributed by atoms with Crippen LogP contribution in [0.3, 0.4) is 0 Å². The Morgan fingerprint density at radius 1 is 1.21 bits per heavy atom. The normalized spacial score (nSPS) is 12.6. The predicted octanol–water partition coefficient (Wildman–Crippen LogP) is 5.13. The minimum absolute atomic E-state index is 0.0647. The summed E-state index contributed by atoms with van der Waals surface area (Å²) in [7, 11) is 0. The fourth-order valence-electron chi connectivity index (χ4n) is 2.00. The van der Waals surface area contributed by atoms with Gasteiger partial charge in [-0.15, -0.1) is 0 Å². The van der Waals surface area contributed by atoms with E-state index in [1.807, 2.05) is 25.1 Å². The molecule has 0 fully saturated rings. The first-order valence-electron chi connectivity index (χ1n) is 6.02. The SMILES string of the molecule is CCNC(Cc1ccc(Cl)cc1Cl)c1ccoc1Cl. The van der Waals surface area contributed by atoms with Crippen molar-refractivity contribution in [3.63, 3.8) is 0 Å². The van der Waals surface area contributed by atoms with Gasteiger partial charge >= 0.3 is 0 Å². The zero-order valence-electron chi connectivity index (χ0n) is 10.4. The van der Waals surface area contributed by atoms with E-state index in [9.17, 15) is 0 Å². The average Bonchev–Trinajstić information content (AvgIpc) is 2.78. The maximum Gasteiger partial charge on any atom is 0.197 e. The van der Waals surface area contributed by atoms with Gasteiger partial charge in [-0.05, 0) is 48.3 Å². The molecular weight excluding hydrogens is 305 g/mol. The van der Waals surface area contributed by atoms with Crippen LogP contribution in [0.4, 0.5) is 0 Å². The van der Waals surface area contributed by atoms with E-state index in [2.05, 4.69) is 5.32 Å². The van der Waals surface area contributed by atoms with E-state index >= 15 is 0 Å². The number of hydrogen-bond acceptors (Lipinski definition) is 2. The Bertz CT molecular complexity index is 553. The molecule has 0 aliphatic heterocycles. The van der Waals surface area contributed by atoms with Crippen molar-refractivity contribution in [1.82, 2.24) is 5.32 Å². The maximum absolute atomic E-state index is 6.21. The van der Waals surface area contributed by atoms with E-state index in [1.165, 1.54) is 0 Å². The second-order valence-corrected chi connectivity index (χ2v) is 5.39. The number of hydrogen-bond donors (Lipinski definition) is 1. The number of rotatable bonds is 5. The Morgan fingerprint density at radius 3 is 2.58 bits per heavy atom. The van der Waals surface area contributed by atoms with E-state index < -0.39 is 0 Å². The van der Waals surface area contributed by atoms with Crippen molar-refractivity contribution < 1.29 is 4.42 Å². The molecule has 1 N–H and O–H groups in total. The third-order valence-electron chi connectivity index (χ3n) is 2.91. The lowest BCUT2D eigenvalue weighted by atomic mass is 10.0. The molecule has 0 amide bonds. The molecule has 0 bridgehead atoms. The molecule has 0 aliphatic rings. The van der Waals surface area contributed by atoms with Crippen molar-refractivity contribution in [3.05, 3.63) is 56.9 Å². The summed E-state index contributed by atoms with van der Waals surface area (Å²) in [6.45, 7) is 2.88. The Kier molecular flexibility index (Phi) is 5.17. The van der Waals surface area contributed by atoms with Gasteiger partial charge in [0.1, 0.15) is 0 Å². The fourth-order valence-corrected chi connectivity index (χ4v) is 2.73. The molecule has 2 nitrogen and oxygen atoms in total. The Labute approximate surface area is 127 Å². The van der Waals surface area contributed by atoms with Gasteiger partial charge in [-0.3, -0.25) is 0 Å². The minimum Gasteiger partial charge on any atom is -0.453 e. The van der Waals surface area contributed by atoms with Gasteiger partial charge in [-0.25, -0.2) is 0 Å². The molecule has 0 saturated carbocycles. The van der Waals surface area contributed by atoms with Gasteiger partial charge < -0.3 is 9.73 Å². The first kappa shape index (κ1) is 14.7. The van der Waals surface area contributed by atoms with Gasteiger partial charge in [-0.2, -0.15) is 0 Å². The molecular formula is C14H14Cl3NO. The van der Waals surface area contributed by atoms with Crippen LogP contribution in [0.1, 0.15) is 24.1 Å². The molecule has 0 aliphatic carbocycles. The van der Waals surface area contributed by atoms with Crippen molar-refractivity contribution >= 4 is 34.8 Å². The molecule has 5 heteroatoms. The lowest BCUT2D eigenvalue weighted by Gasteiger charge is -2.17. The Hall–Kier alpha value is -0.670. The first-order valence-corrected chi connectivity index (χ1v) is 7.15. The first-order chi connectivity index (χ1) is 9.11. The van der Waals surface area contributed by atoms with Crippen LogP contribution in [0.15, 0.2) is 34.9 Å². The van der Waals surface area contributed by atoms with Gasteiger partial charge in [0.05, 0.1) is 6.26 Å². The van der Waals surface area contributed by atoms with Gasteiger partial charge in [0.15, 0.2) is 5.22 Å². The van der Waals surface area contributed by atoms with E-state index in [0.717, 1.165) is 24.1 Å². The molecule has 1 atom stereocenters. The second-order valence-electron chi connectivity index (χ2n) is 4.20. The summed E-state index contributed by atoms with van der Waals surface area (Å²) in [6.07, 6.45) is 2.31. The number of nitrogens with one attached hydrogen (secondary N) is 1. The number of furan rings is 1. The van der Waals surface area contributed by atoms with Gasteiger partial charge in [-0.1, -0.05) is 36.2 Å². The number of benzene rings is 1. The lowest BCUT2D eigenvalue weighted by Crippen LogP contribution is -2.22. The molecule has 2 rings (SSSR count). The number of halogens is 3. The highest BCUT2D eigenvalue weighted by atomic mass is 35.5. The highest BCUT2D eigenvalue weighted by Crippen LogP contribution is 2.30. The second kappa shape index (κ2) is 6.67. The molecule has 1 aromatic heterocycles. The predicted molar refractivity (Wildman–Crippen MR) is 80.3 cm³/mol. The van der Waals surface area contributed by atoms with E-state index in [-0.39, 0.29) is 6.04 Å². The molecule has 102 valence electrons. The minimum atomic E-state index is 0.0647. The molecule has 0 radical (unpaired) electrons. The van der Waals surface area contributed by atoms with Crippen LogP contribution in [0, 0.1) is 0 Å². The molecule has 0 saturated heterocycles. The van der Waals surface area contributed by atoms with Gasteiger partial charge in [0.2, 0.25) is 0 Å². The zero-order chi connectivity index (χ0) is 13.8. The molecule has 1 aromatic carbocycles. The molecule has 2 aromatic rings. The van der Waals surface area contributed by atoms with Crippen LogP contribution in [0.2, 0.25) is 15.3 Å². The van der Waals surface area contributed by atoms with Crippen molar-refractivity contribution in [2.24, 2.45) is 0 Å². The third-order valence-corrected chi connectivity index (χ3v) is 3.81. The van der Waals surface area contributed by atoms with E-state index in [0.29, 0.717) is 15.3 Å². The van der Waals surface area contributed by atoms with Crippen LogP contribution in [0.25, 0.3) is 0 Å². The van der Waals surface area contributed by atoms with Crippen LogP contribution < -0.4 is 5.32 Å². The van der Waals surface area contributed by atoms with Crippen LogP contribution in [-0.2, 0) is 6.42 Å². The fraction of sp³-hybridized carbons (Fsp3) is 0.286. The van der Waals surface area contributed by atoms with E-state index in [1.54, 1.807) is 12.3 Å². The molecule has 1 heterocycles. The number of likely N-dealkylation sites (N-methyl/N-ethyl adjacent to an activating group) is 1. The van der Waals surface area contributed by atoms with Crippen molar-refractivity contribution in [3.8, 4) is 0 Å².